The second-order valence-corrected chi connectivity index (χ2v) is 5.45. The minimum atomic E-state index is -0.303. The molecule has 116 valence electrons. The third kappa shape index (κ3) is 3.82. The molecule has 1 aromatic carbocycles. The van der Waals surface area contributed by atoms with Gasteiger partial charge < -0.3 is 5.32 Å². The molecule has 0 saturated carbocycles. The number of rotatable bonds is 4. The van der Waals surface area contributed by atoms with Crippen LogP contribution in [-0.2, 0) is 11.3 Å². The minimum absolute atomic E-state index is 0.0464. The van der Waals surface area contributed by atoms with Gasteiger partial charge in [0.15, 0.2) is 5.82 Å². The summed E-state index contributed by atoms with van der Waals surface area (Å²) in [6, 6.07) is 10.3. The van der Waals surface area contributed by atoms with Gasteiger partial charge in [-0.15, -0.1) is 5.10 Å². The van der Waals surface area contributed by atoms with Crippen molar-refractivity contribution in [3.63, 3.8) is 0 Å². The van der Waals surface area contributed by atoms with Gasteiger partial charge in [0.1, 0.15) is 12.4 Å². The lowest BCUT2D eigenvalue weighted by Gasteiger charge is -2.06. The Morgan fingerprint density at radius 2 is 1.83 bits per heavy atom. The first-order valence-electron chi connectivity index (χ1n) is 6.55. The largest absolute Gasteiger partial charge is 0.309 e. The zero-order chi connectivity index (χ0) is 16.2. The van der Waals surface area contributed by atoms with Gasteiger partial charge in [0, 0.05) is 16.8 Å². The molecule has 0 spiro atoms. The van der Waals surface area contributed by atoms with Gasteiger partial charge in [0.05, 0.1) is 5.02 Å². The van der Waals surface area contributed by atoms with E-state index in [2.05, 4.69) is 25.8 Å². The van der Waals surface area contributed by atoms with Crippen LogP contribution < -0.4 is 5.32 Å². The predicted octanol–water partition coefficient (Wildman–Crippen LogP) is 2.68. The maximum atomic E-state index is 12.1. The number of carbonyl (C=O) groups excluding carboxylic acids is 1. The number of anilines is 1. The molecule has 3 rings (SSSR count). The van der Waals surface area contributed by atoms with Crippen LogP contribution in [0.5, 0.6) is 0 Å². The molecule has 0 aliphatic carbocycles. The molecule has 1 N–H and O–H groups in total. The van der Waals surface area contributed by atoms with Crippen molar-refractivity contribution >= 4 is 34.9 Å². The van der Waals surface area contributed by atoms with E-state index in [1.54, 1.807) is 36.4 Å². The van der Waals surface area contributed by atoms with E-state index in [-0.39, 0.29) is 12.5 Å². The molecule has 0 fully saturated rings. The predicted molar refractivity (Wildman–Crippen MR) is 86.1 cm³/mol. The van der Waals surface area contributed by atoms with E-state index >= 15 is 0 Å². The van der Waals surface area contributed by atoms with Crippen LogP contribution in [0.15, 0.2) is 42.6 Å². The summed E-state index contributed by atoms with van der Waals surface area (Å²) in [6.45, 7) is -0.0464. The Labute approximate surface area is 141 Å². The number of amides is 1. The molecule has 0 saturated heterocycles. The second-order valence-electron chi connectivity index (χ2n) is 4.58. The first-order valence-corrected chi connectivity index (χ1v) is 7.31. The minimum Gasteiger partial charge on any atom is -0.309 e. The Balaban J connectivity index is 1.73. The van der Waals surface area contributed by atoms with Crippen molar-refractivity contribution in [2.45, 2.75) is 6.54 Å². The van der Waals surface area contributed by atoms with Crippen molar-refractivity contribution in [3.8, 4) is 11.4 Å². The first kappa shape index (κ1) is 15.4. The average molecular weight is 349 g/mol. The third-order valence-corrected chi connectivity index (χ3v) is 3.40. The summed E-state index contributed by atoms with van der Waals surface area (Å²) in [4.78, 5) is 16.1. The van der Waals surface area contributed by atoms with Gasteiger partial charge >= 0.3 is 0 Å². The average Bonchev–Trinajstić information content (AvgIpc) is 2.98. The maximum absolute atomic E-state index is 12.1. The number of tetrazole rings is 1. The number of nitrogens with one attached hydrogen (secondary N) is 1. The number of nitrogens with zero attached hydrogens (tertiary/aromatic N) is 5. The van der Waals surface area contributed by atoms with Crippen molar-refractivity contribution in [1.29, 1.82) is 0 Å². The summed E-state index contributed by atoms with van der Waals surface area (Å²) < 4.78 is 1.40. The number of aromatic nitrogens is 5. The van der Waals surface area contributed by atoms with Gasteiger partial charge in [-0.25, -0.2) is 9.67 Å². The van der Waals surface area contributed by atoms with Crippen LogP contribution in [0.25, 0.3) is 11.4 Å². The summed E-state index contributed by atoms with van der Waals surface area (Å²) >= 11 is 11.6. The summed E-state index contributed by atoms with van der Waals surface area (Å²) in [5, 5.41) is 15.1. The lowest BCUT2D eigenvalue weighted by molar-refractivity contribution is -0.116. The summed E-state index contributed by atoms with van der Waals surface area (Å²) in [5.41, 5.74) is 0.761. The van der Waals surface area contributed by atoms with Crippen LogP contribution in [0.1, 0.15) is 0 Å². The lowest BCUT2D eigenvalue weighted by atomic mass is 10.2. The molecule has 7 nitrogen and oxygen atoms in total. The van der Waals surface area contributed by atoms with E-state index in [0.29, 0.717) is 21.7 Å². The fourth-order valence-electron chi connectivity index (χ4n) is 1.89. The fourth-order valence-corrected chi connectivity index (χ4v) is 2.12. The fraction of sp³-hybridized carbons (Fsp3) is 0.0714. The van der Waals surface area contributed by atoms with E-state index in [1.165, 1.54) is 10.9 Å². The molecule has 0 aliphatic heterocycles. The van der Waals surface area contributed by atoms with Gasteiger partial charge in [0.25, 0.3) is 0 Å². The monoisotopic (exact) mass is 348 g/mol. The third-order valence-electron chi connectivity index (χ3n) is 2.92. The Bertz CT molecular complexity index is 816. The molecule has 0 bridgehead atoms. The van der Waals surface area contributed by atoms with E-state index in [4.69, 9.17) is 23.2 Å². The highest BCUT2D eigenvalue weighted by molar-refractivity contribution is 6.30. The topological polar surface area (TPSA) is 85.6 Å². The number of hydrogen-bond acceptors (Lipinski definition) is 5. The zero-order valence-corrected chi connectivity index (χ0v) is 13.2. The normalized spacial score (nSPS) is 10.5. The Kier molecular flexibility index (Phi) is 4.50. The zero-order valence-electron chi connectivity index (χ0n) is 11.6. The molecule has 0 radical (unpaired) electrons. The van der Waals surface area contributed by atoms with Gasteiger partial charge in [0.2, 0.25) is 5.91 Å². The van der Waals surface area contributed by atoms with Crippen molar-refractivity contribution in [1.82, 2.24) is 25.2 Å². The molecular formula is C14H10Cl2N6O. The molecule has 0 unspecified atom stereocenters. The lowest BCUT2D eigenvalue weighted by Crippen LogP contribution is -2.20. The Morgan fingerprint density at radius 1 is 1.09 bits per heavy atom. The molecule has 3 aromatic rings. The smallest absolute Gasteiger partial charge is 0.247 e. The molecule has 9 heteroatoms. The van der Waals surface area contributed by atoms with Gasteiger partial charge in [-0.1, -0.05) is 23.2 Å². The molecule has 23 heavy (non-hydrogen) atoms. The maximum Gasteiger partial charge on any atom is 0.247 e. The number of hydrogen-bond donors (Lipinski definition) is 1. The number of benzene rings is 1. The van der Waals surface area contributed by atoms with Crippen LogP contribution in [0.2, 0.25) is 10.0 Å². The molecular weight excluding hydrogens is 339 g/mol. The van der Waals surface area contributed by atoms with Crippen LogP contribution >= 0.6 is 23.2 Å². The van der Waals surface area contributed by atoms with Crippen LogP contribution in [0.3, 0.4) is 0 Å². The highest BCUT2D eigenvalue weighted by Gasteiger charge is 2.12. The van der Waals surface area contributed by atoms with Crippen molar-refractivity contribution in [2.24, 2.45) is 0 Å². The number of carbonyl (C=O) groups is 1. The summed E-state index contributed by atoms with van der Waals surface area (Å²) in [7, 11) is 0. The van der Waals surface area contributed by atoms with Crippen molar-refractivity contribution < 1.29 is 4.79 Å². The highest BCUT2D eigenvalue weighted by Crippen LogP contribution is 2.18. The van der Waals surface area contributed by atoms with E-state index in [0.717, 1.165) is 5.56 Å². The van der Waals surface area contributed by atoms with Crippen molar-refractivity contribution in [3.05, 3.63) is 52.6 Å². The SMILES string of the molecule is O=C(Cn1nnnc1-c1ccc(Cl)cc1)Nc1ccc(Cl)cn1. The standard InChI is InChI=1S/C14H10Cl2N6O/c15-10-3-1-9(2-4-10)14-19-20-21-22(14)8-13(23)18-12-6-5-11(16)7-17-12/h1-7H,8H2,(H,17,18,23). The number of halogens is 2. The molecule has 2 heterocycles. The summed E-state index contributed by atoms with van der Waals surface area (Å²) in [5.74, 6) is 0.573. The molecule has 0 atom stereocenters. The van der Waals surface area contributed by atoms with E-state index in [9.17, 15) is 4.79 Å². The Morgan fingerprint density at radius 3 is 2.52 bits per heavy atom. The van der Waals surface area contributed by atoms with Crippen molar-refractivity contribution in [2.75, 3.05) is 5.32 Å². The quantitative estimate of drug-likeness (QED) is 0.783. The molecule has 0 aliphatic rings. The van der Waals surface area contributed by atoms with Gasteiger partial charge in [-0.3, -0.25) is 4.79 Å². The van der Waals surface area contributed by atoms with Crippen LogP contribution in [-0.4, -0.2) is 31.1 Å². The van der Waals surface area contributed by atoms with Crippen LogP contribution in [0.4, 0.5) is 5.82 Å². The van der Waals surface area contributed by atoms with Gasteiger partial charge in [-0.05, 0) is 46.8 Å². The van der Waals surface area contributed by atoms with Crippen LogP contribution in [0, 0.1) is 0 Å². The number of pyridine rings is 1. The summed E-state index contributed by atoms with van der Waals surface area (Å²) in [6.07, 6.45) is 1.45. The highest BCUT2D eigenvalue weighted by atomic mass is 35.5. The second kappa shape index (κ2) is 6.72. The first-order chi connectivity index (χ1) is 11.1. The van der Waals surface area contributed by atoms with Gasteiger partial charge in [-0.2, -0.15) is 0 Å². The molecule has 2 aromatic heterocycles. The molecule has 1 amide bonds. The Hall–Kier alpha value is -2.51. The van der Waals surface area contributed by atoms with E-state index in [1.807, 2.05) is 0 Å². The van der Waals surface area contributed by atoms with E-state index < -0.39 is 0 Å².